The molecule has 118 valence electrons. The van der Waals surface area contributed by atoms with E-state index in [1.54, 1.807) is 10.9 Å². The lowest BCUT2D eigenvalue weighted by atomic mass is 10.3. The maximum Gasteiger partial charge on any atom is 0.275 e. The molecule has 1 aromatic carbocycles. The summed E-state index contributed by atoms with van der Waals surface area (Å²) in [5.74, 6) is 0.229. The van der Waals surface area contributed by atoms with Gasteiger partial charge < -0.3 is 15.4 Å². The van der Waals surface area contributed by atoms with E-state index in [0.29, 0.717) is 18.0 Å². The standard InChI is InChI=1S/C16H22N4O2/c1-3-9-17-10-11-18-16(21)15-14(22-2)12-20(19-15)13-7-5-4-6-8-13/h4-8,12,17H,3,9-11H2,1-2H3,(H,18,21). The van der Waals surface area contributed by atoms with Crippen LogP contribution in [0, 0.1) is 0 Å². The second-order valence-electron chi connectivity index (χ2n) is 4.83. The number of aromatic nitrogens is 2. The van der Waals surface area contributed by atoms with E-state index in [-0.39, 0.29) is 5.91 Å². The van der Waals surface area contributed by atoms with Gasteiger partial charge in [-0.05, 0) is 25.1 Å². The summed E-state index contributed by atoms with van der Waals surface area (Å²) in [6.45, 7) is 4.34. The Kier molecular flexibility index (Phi) is 5.97. The number of methoxy groups -OCH3 is 1. The third kappa shape index (κ3) is 4.08. The molecule has 0 saturated heterocycles. The largest absolute Gasteiger partial charge is 0.493 e. The van der Waals surface area contributed by atoms with Gasteiger partial charge in [-0.2, -0.15) is 5.10 Å². The van der Waals surface area contributed by atoms with Crippen LogP contribution >= 0.6 is 0 Å². The molecule has 2 rings (SSSR count). The van der Waals surface area contributed by atoms with Gasteiger partial charge in [0.15, 0.2) is 11.4 Å². The molecule has 2 N–H and O–H groups in total. The fourth-order valence-corrected chi connectivity index (χ4v) is 2.03. The average Bonchev–Trinajstić information content (AvgIpc) is 3.00. The number of benzene rings is 1. The first-order chi connectivity index (χ1) is 10.8. The molecule has 1 aromatic heterocycles. The molecule has 0 spiro atoms. The highest BCUT2D eigenvalue weighted by atomic mass is 16.5. The van der Waals surface area contributed by atoms with E-state index in [2.05, 4.69) is 22.7 Å². The molecule has 0 bridgehead atoms. The minimum atomic E-state index is -0.232. The van der Waals surface area contributed by atoms with Gasteiger partial charge in [-0.3, -0.25) is 4.79 Å². The Morgan fingerprint density at radius 1 is 1.23 bits per heavy atom. The SMILES string of the molecule is CCCNCCNC(=O)c1nn(-c2ccccc2)cc1OC. The lowest BCUT2D eigenvalue weighted by Gasteiger charge is -2.05. The molecular weight excluding hydrogens is 280 g/mol. The van der Waals surface area contributed by atoms with E-state index < -0.39 is 0 Å². The summed E-state index contributed by atoms with van der Waals surface area (Å²) in [7, 11) is 1.53. The Hall–Kier alpha value is -2.34. The smallest absolute Gasteiger partial charge is 0.275 e. The molecule has 6 nitrogen and oxygen atoms in total. The van der Waals surface area contributed by atoms with Crippen molar-refractivity contribution in [2.45, 2.75) is 13.3 Å². The minimum Gasteiger partial charge on any atom is -0.493 e. The molecule has 22 heavy (non-hydrogen) atoms. The highest BCUT2D eigenvalue weighted by molar-refractivity contribution is 5.94. The van der Waals surface area contributed by atoms with Crippen molar-refractivity contribution in [1.29, 1.82) is 0 Å². The van der Waals surface area contributed by atoms with Gasteiger partial charge in [0.1, 0.15) is 0 Å². The molecule has 0 unspecified atom stereocenters. The van der Waals surface area contributed by atoms with Gasteiger partial charge in [0.25, 0.3) is 5.91 Å². The summed E-state index contributed by atoms with van der Waals surface area (Å²) in [6.07, 6.45) is 2.78. The number of nitrogens with zero attached hydrogens (tertiary/aromatic N) is 2. The molecule has 6 heteroatoms. The van der Waals surface area contributed by atoms with Crippen LogP contribution in [0.3, 0.4) is 0 Å². The van der Waals surface area contributed by atoms with Gasteiger partial charge in [-0.15, -0.1) is 0 Å². The number of hydrogen-bond donors (Lipinski definition) is 2. The Morgan fingerprint density at radius 3 is 2.68 bits per heavy atom. The molecular formula is C16H22N4O2. The molecule has 1 heterocycles. The number of hydrogen-bond acceptors (Lipinski definition) is 4. The van der Waals surface area contributed by atoms with E-state index in [1.165, 1.54) is 7.11 Å². The van der Waals surface area contributed by atoms with Crippen LogP contribution in [-0.4, -0.2) is 42.4 Å². The zero-order valence-electron chi connectivity index (χ0n) is 13.0. The molecule has 0 atom stereocenters. The lowest BCUT2D eigenvalue weighted by Crippen LogP contribution is -2.32. The molecule has 0 fully saturated rings. The van der Waals surface area contributed by atoms with Gasteiger partial charge in [-0.25, -0.2) is 4.68 Å². The van der Waals surface area contributed by atoms with Crippen molar-refractivity contribution in [3.63, 3.8) is 0 Å². The third-order valence-corrected chi connectivity index (χ3v) is 3.15. The van der Waals surface area contributed by atoms with Gasteiger partial charge in [0.2, 0.25) is 0 Å². The first-order valence-corrected chi connectivity index (χ1v) is 7.44. The van der Waals surface area contributed by atoms with Gasteiger partial charge >= 0.3 is 0 Å². The van der Waals surface area contributed by atoms with Crippen molar-refractivity contribution in [3.05, 3.63) is 42.2 Å². The number of rotatable bonds is 8. The Morgan fingerprint density at radius 2 is 2.00 bits per heavy atom. The average molecular weight is 302 g/mol. The van der Waals surface area contributed by atoms with Gasteiger partial charge in [0, 0.05) is 13.1 Å². The minimum absolute atomic E-state index is 0.232. The number of carbonyl (C=O) groups is 1. The van der Waals surface area contributed by atoms with Crippen LogP contribution in [0.15, 0.2) is 36.5 Å². The fraction of sp³-hybridized carbons (Fsp3) is 0.375. The van der Waals surface area contributed by atoms with E-state index in [0.717, 1.165) is 25.2 Å². The van der Waals surface area contributed by atoms with Gasteiger partial charge in [-0.1, -0.05) is 25.1 Å². The molecule has 0 saturated carbocycles. The van der Waals surface area contributed by atoms with Crippen LogP contribution in [0.1, 0.15) is 23.8 Å². The van der Waals surface area contributed by atoms with Crippen LogP contribution in [0.5, 0.6) is 5.75 Å². The van der Waals surface area contributed by atoms with Crippen molar-refractivity contribution in [2.24, 2.45) is 0 Å². The Balaban J connectivity index is 2.03. The highest BCUT2D eigenvalue weighted by Crippen LogP contribution is 2.19. The third-order valence-electron chi connectivity index (χ3n) is 3.15. The molecule has 0 radical (unpaired) electrons. The van der Waals surface area contributed by atoms with Crippen molar-refractivity contribution in [2.75, 3.05) is 26.7 Å². The molecule has 2 aromatic rings. The van der Waals surface area contributed by atoms with Crippen molar-refractivity contribution in [3.8, 4) is 11.4 Å². The highest BCUT2D eigenvalue weighted by Gasteiger charge is 2.17. The monoisotopic (exact) mass is 302 g/mol. The molecule has 0 aliphatic heterocycles. The first kappa shape index (κ1) is 16.0. The maximum absolute atomic E-state index is 12.2. The molecule has 1 amide bonds. The van der Waals surface area contributed by atoms with Crippen LogP contribution in [-0.2, 0) is 0 Å². The zero-order valence-corrected chi connectivity index (χ0v) is 13.0. The number of carbonyl (C=O) groups excluding carboxylic acids is 1. The van der Waals surface area contributed by atoms with E-state index in [9.17, 15) is 4.79 Å². The second-order valence-corrected chi connectivity index (χ2v) is 4.83. The van der Waals surface area contributed by atoms with Gasteiger partial charge in [0.05, 0.1) is 19.0 Å². The van der Waals surface area contributed by atoms with Crippen LogP contribution in [0.25, 0.3) is 5.69 Å². The van der Waals surface area contributed by atoms with E-state index >= 15 is 0 Å². The summed E-state index contributed by atoms with van der Waals surface area (Å²) < 4.78 is 6.90. The second kappa shape index (κ2) is 8.19. The summed E-state index contributed by atoms with van der Waals surface area (Å²) in [5, 5.41) is 10.4. The fourth-order valence-electron chi connectivity index (χ4n) is 2.03. The summed E-state index contributed by atoms with van der Waals surface area (Å²) in [6, 6.07) is 9.61. The summed E-state index contributed by atoms with van der Waals surface area (Å²) >= 11 is 0. The number of amides is 1. The Labute approximate surface area is 130 Å². The van der Waals surface area contributed by atoms with Crippen LogP contribution in [0.4, 0.5) is 0 Å². The summed E-state index contributed by atoms with van der Waals surface area (Å²) in [4.78, 5) is 12.2. The normalized spacial score (nSPS) is 10.5. The zero-order chi connectivity index (χ0) is 15.8. The maximum atomic E-state index is 12.2. The first-order valence-electron chi connectivity index (χ1n) is 7.44. The number of para-hydroxylation sites is 1. The van der Waals surface area contributed by atoms with E-state index in [1.807, 2.05) is 30.3 Å². The lowest BCUT2D eigenvalue weighted by molar-refractivity contribution is 0.0945. The van der Waals surface area contributed by atoms with E-state index in [4.69, 9.17) is 4.74 Å². The molecule has 0 aliphatic carbocycles. The van der Waals surface area contributed by atoms with Crippen molar-refractivity contribution < 1.29 is 9.53 Å². The van der Waals surface area contributed by atoms with Crippen molar-refractivity contribution >= 4 is 5.91 Å². The van der Waals surface area contributed by atoms with Crippen molar-refractivity contribution in [1.82, 2.24) is 20.4 Å². The van der Waals surface area contributed by atoms with Crippen LogP contribution in [0.2, 0.25) is 0 Å². The number of ether oxygens (including phenoxy) is 1. The molecule has 0 aliphatic rings. The topological polar surface area (TPSA) is 68.2 Å². The predicted octanol–water partition coefficient (Wildman–Crippen LogP) is 1.61. The quantitative estimate of drug-likeness (QED) is 0.727. The predicted molar refractivity (Wildman–Crippen MR) is 85.6 cm³/mol. The number of nitrogens with one attached hydrogen (secondary N) is 2. The van der Waals surface area contributed by atoms with Crippen LogP contribution < -0.4 is 15.4 Å². The Bertz CT molecular complexity index is 595. The summed E-state index contributed by atoms with van der Waals surface area (Å²) in [5.41, 5.74) is 1.17.